The van der Waals surface area contributed by atoms with Gasteiger partial charge in [-0.25, -0.2) is 4.98 Å². The molecule has 1 aliphatic rings. The maximum atomic E-state index is 5.39. The lowest BCUT2D eigenvalue weighted by molar-refractivity contribution is 0.156. The molecule has 1 aromatic heterocycles. The van der Waals surface area contributed by atoms with Crippen molar-refractivity contribution in [2.45, 2.75) is 52.7 Å². The molecular weight excluding hydrogens is 262 g/mol. The zero-order chi connectivity index (χ0) is 15.5. The van der Waals surface area contributed by atoms with Gasteiger partial charge >= 0.3 is 0 Å². The summed E-state index contributed by atoms with van der Waals surface area (Å²) >= 11 is 0. The SMILES string of the molecule is COc1ncccc1CN1CC(C(C)(C)C)NCCC1C. The van der Waals surface area contributed by atoms with E-state index in [1.54, 1.807) is 13.3 Å². The van der Waals surface area contributed by atoms with E-state index in [2.05, 4.69) is 49.0 Å². The van der Waals surface area contributed by atoms with Gasteiger partial charge in [0.2, 0.25) is 5.88 Å². The molecule has 2 atom stereocenters. The Bertz CT molecular complexity index is 456. The second kappa shape index (κ2) is 6.75. The van der Waals surface area contributed by atoms with Gasteiger partial charge in [-0.05, 0) is 31.4 Å². The minimum Gasteiger partial charge on any atom is -0.481 e. The van der Waals surface area contributed by atoms with Crippen LogP contribution in [0.4, 0.5) is 0 Å². The molecule has 1 aliphatic heterocycles. The van der Waals surface area contributed by atoms with E-state index < -0.39 is 0 Å². The number of hydrogen-bond donors (Lipinski definition) is 1. The summed E-state index contributed by atoms with van der Waals surface area (Å²) in [5, 5.41) is 3.71. The van der Waals surface area contributed by atoms with E-state index in [0.717, 1.165) is 25.5 Å². The second-order valence-corrected chi connectivity index (χ2v) is 7.11. The predicted octanol–water partition coefficient (Wildman–Crippen LogP) is 2.69. The van der Waals surface area contributed by atoms with Gasteiger partial charge in [0, 0.05) is 36.9 Å². The van der Waals surface area contributed by atoms with Gasteiger partial charge in [0.15, 0.2) is 0 Å². The number of nitrogens with zero attached hydrogens (tertiary/aromatic N) is 2. The zero-order valence-electron chi connectivity index (χ0n) is 14.0. The summed E-state index contributed by atoms with van der Waals surface area (Å²) in [6.07, 6.45) is 2.96. The normalized spacial score (nSPS) is 24.6. The van der Waals surface area contributed by atoms with Crippen LogP contribution in [-0.2, 0) is 6.54 Å². The Kier molecular flexibility index (Phi) is 5.22. The molecule has 21 heavy (non-hydrogen) atoms. The highest BCUT2D eigenvalue weighted by molar-refractivity contribution is 5.25. The predicted molar refractivity (Wildman–Crippen MR) is 86.5 cm³/mol. The second-order valence-electron chi connectivity index (χ2n) is 7.11. The lowest BCUT2D eigenvalue weighted by Gasteiger charge is -2.35. The Labute approximate surface area is 128 Å². The van der Waals surface area contributed by atoms with E-state index in [4.69, 9.17) is 4.74 Å². The average molecular weight is 291 g/mol. The van der Waals surface area contributed by atoms with Gasteiger partial charge in [-0.1, -0.05) is 26.8 Å². The van der Waals surface area contributed by atoms with E-state index >= 15 is 0 Å². The first kappa shape index (κ1) is 16.2. The van der Waals surface area contributed by atoms with Crippen LogP contribution in [0, 0.1) is 5.41 Å². The maximum absolute atomic E-state index is 5.39. The number of hydrogen-bond acceptors (Lipinski definition) is 4. The molecule has 1 saturated heterocycles. The summed E-state index contributed by atoms with van der Waals surface area (Å²) in [5.74, 6) is 0.745. The fraction of sp³-hybridized carbons (Fsp3) is 0.706. The van der Waals surface area contributed by atoms with Crippen LogP contribution < -0.4 is 10.1 Å². The number of nitrogens with one attached hydrogen (secondary N) is 1. The molecule has 4 nitrogen and oxygen atoms in total. The molecule has 1 aromatic rings. The van der Waals surface area contributed by atoms with Gasteiger partial charge in [0.1, 0.15) is 0 Å². The smallest absolute Gasteiger partial charge is 0.217 e. The third kappa shape index (κ3) is 4.17. The molecule has 0 aliphatic carbocycles. The molecule has 0 spiro atoms. The number of rotatable bonds is 3. The topological polar surface area (TPSA) is 37.4 Å². The van der Waals surface area contributed by atoms with Gasteiger partial charge in [0.05, 0.1) is 7.11 Å². The molecule has 4 heteroatoms. The Balaban J connectivity index is 2.15. The molecule has 0 amide bonds. The maximum Gasteiger partial charge on any atom is 0.217 e. The fourth-order valence-corrected chi connectivity index (χ4v) is 2.88. The molecule has 0 aromatic carbocycles. The Morgan fingerprint density at radius 2 is 2.19 bits per heavy atom. The van der Waals surface area contributed by atoms with Crippen molar-refractivity contribution in [2.75, 3.05) is 20.2 Å². The van der Waals surface area contributed by atoms with Crippen LogP contribution in [0.1, 0.15) is 39.7 Å². The van der Waals surface area contributed by atoms with Gasteiger partial charge in [-0.15, -0.1) is 0 Å². The van der Waals surface area contributed by atoms with Crippen LogP contribution in [0.2, 0.25) is 0 Å². The first-order chi connectivity index (χ1) is 9.91. The third-order valence-corrected chi connectivity index (χ3v) is 4.46. The fourth-order valence-electron chi connectivity index (χ4n) is 2.88. The number of pyridine rings is 1. The standard InChI is InChI=1S/C17H29N3O/c1-13-8-10-18-15(17(2,3)4)12-20(13)11-14-7-6-9-19-16(14)21-5/h6-7,9,13,15,18H,8,10-12H2,1-5H3. The summed E-state index contributed by atoms with van der Waals surface area (Å²) < 4.78 is 5.39. The highest BCUT2D eigenvalue weighted by Crippen LogP contribution is 2.25. The van der Waals surface area contributed by atoms with Gasteiger partial charge in [-0.2, -0.15) is 0 Å². The first-order valence-corrected chi connectivity index (χ1v) is 7.87. The van der Waals surface area contributed by atoms with Gasteiger partial charge in [0.25, 0.3) is 0 Å². The number of ether oxygens (including phenoxy) is 1. The highest BCUT2D eigenvalue weighted by atomic mass is 16.5. The lowest BCUT2D eigenvalue weighted by atomic mass is 9.86. The van der Waals surface area contributed by atoms with E-state index in [1.165, 1.54) is 12.0 Å². The molecular formula is C17H29N3O. The Morgan fingerprint density at radius 3 is 2.86 bits per heavy atom. The van der Waals surface area contributed by atoms with Crippen molar-refractivity contribution in [1.29, 1.82) is 0 Å². The van der Waals surface area contributed by atoms with Crippen LogP contribution in [0.15, 0.2) is 18.3 Å². The van der Waals surface area contributed by atoms with Crippen LogP contribution in [0.5, 0.6) is 5.88 Å². The molecule has 1 N–H and O–H groups in total. The van der Waals surface area contributed by atoms with Crippen molar-refractivity contribution in [1.82, 2.24) is 15.2 Å². The van der Waals surface area contributed by atoms with Crippen LogP contribution in [0.25, 0.3) is 0 Å². The van der Waals surface area contributed by atoms with E-state index in [-0.39, 0.29) is 5.41 Å². The van der Waals surface area contributed by atoms with Crippen molar-refractivity contribution in [3.05, 3.63) is 23.9 Å². The van der Waals surface area contributed by atoms with Crippen molar-refractivity contribution >= 4 is 0 Å². The Morgan fingerprint density at radius 1 is 1.43 bits per heavy atom. The van der Waals surface area contributed by atoms with Crippen LogP contribution >= 0.6 is 0 Å². The average Bonchev–Trinajstić information content (AvgIpc) is 2.62. The van der Waals surface area contributed by atoms with Crippen LogP contribution in [-0.4, -0.2) is 42.2 Å². The highest BCUT2D eigenvalue weighted by Gasteiger charge is 2.30. The van der Waals surface area contributed by atoms with Gasteiger partial charge in [-0.3, -0.25) is 4.90 Å². The Hall–Kier alpha value is -1.13. The zero-order valence-corrected chi connectivity index (χ0v) is 14.0. The quantitative estimate of drug-likeness (QED) is 0.929. The molecule has 0 saturated carbocycles. The largest absolute Gasteiger partial charge is 0.481 e. The monoisotopic (exact) mass is 291 g/mol. The van der Waals surface area contributed by atoms with Crippen molar-refractivity contribution in [3.63, 3.8) is 0 Å². The molecule has 2 unspecified atom stereocenters. The summed E-state index contributed by atoms with van der Waals surface area (Å²) in [6.45, 7) is 12.3. The van der Waals surface area contributed by atoms with Crippen molar-refractivity contribution in [3.8, 4) is 5.88 Å². The first-order valence-electron chi connectivity index (χ1n) is 7.87. The number of methoxy groups -OCH3 is 1. The molecule has 2 heterocycles. The van der Waals surface area contributed by atoms with Crippen molar-refractivity contribution in [2.24, 2.45) is 5.41 Å². The molecule has 0 radical (unpaired) electrons. The van der Waals surface area contributed by atoms with E-state index in [9.17, 15) is 0 Å². The molecule has 2 rings (SSSR count). The minimum absolute atomic E-state index is 0.265. The molecule has 0 bridgehead atoms. The van der Waals surface area contributed by atoms with Gasteiger partial charge < -0.3 is 10.1 Å². The molecule has 118 valence electrons. The summed E-state index contributed by atoms with van der Waals surface area (Å²) in [7, 11) is 1.69. The molecule has 1 fully saturated rings. The van der Waals surface area contributed by atoms with Crippen molar-refractivity contribution < 1.29 is 4.74 Å². The minimum atomic E-state index is 0.265. The van der Waals surface area contributed by atoms with E-state index in [1.807, 2.05) is 6.07 Å². The lowest BCUT2D eigenvalue weighted by Crippen LogP contribution is -2.47. The van der Waals surface area contributed by atoms with E-state index in [0.29, 0.717) is 12.1 Å². The van der Waals surface area contributed by atoms with Crippen LogP contribution in [0.3, 0.4) is 0 Å². The summed E-state index contributed by atoms with van der Waals surface area (Å²) in [5.41, 5.74) is 1.43. The number of aromatic nitrogens is 1. The summed E-state index contributed by atoms with van der Waals surface area (Å²) in [4.78, 5) is 6.87. The summed E-state index contributed by atoms with van der Waals surface area (Å²) in [6, 6.07) is 5.17. The third-order valence-electron chi connectivity index (χ3n) is 4.46.